The molecule has 2 aromatic rings. The van der Waals surface area contributed by atoms with Crippen molar-refractivity contribution >= 4 is 33.4 Å². The number of thiophene rings is 1. The minimum absolute atomic E-state index is 0.0614. The summed E-state index contributed by atoms with van der Waals surface area (Å²) in [6.07, 6.45) is 2.94. The summed E-state index contributed by atoms with van der Waals surface area (Å²) in [5, 5.41) is 0.489. The molecule has 128 valence electrons. The van der Waals surface area contributed by atoms with E-state index >= 15 is 0 Å². The van der Waals surface area contributed by atoms with E-state index in [-0.39, 0.29) is 17.4 Å². The first-order chi connectivity index (χ1) is 11.3. The van der Waals surface area contributed by atoms with Crippen LogP contribution in [-0.4, -0.2) is 57.8 Å². The normalized spacial score (nSPS) is 17.5. The summed E-state index contributed by atoms with van der Waals surface area (Å²) in [5.41, 5.74) is 0.492. The highest BCUT2D eigenvalue weighted by Crippen LogP contribution is 2.30. The molecule has 3 rings (SSSR count). The number of rotatable bonds is 2. The molecule has 0 N–H and O–H groups in total. The molecule has 0 bridgehead atoms. The number of aryl methyl sites for hydroxylation is 2. The topological polar surface area (TPSA) is 75.5 Å². The van der Waals surface area contributed by atoms with Crippen molar-refractivity contribution in [2.75, 3.05) is 20.6 Å². The van der Waals surface area contributed by atoms with E-state index in [1.165, 1.54) is 27.1 Å². The van der Waals surface area contributed by atoms with Crippen molar-refractivity contribution in [3.8, 4) is 0 Å². The van der Waals surface area contributed by atoms with Crippen LogP contribution in [0.15, 0.2) is 11.1 Å². The summed E-state index contributed by atoms with van der Waals surface area (Å²) < 4.78 is 1.41. The third-order valence-corrected chi connectivity index (χ3v) is 5.63. The van der Waals surface area contributed by atoms with Gasteiger partial charge in [0.2, 0.25) is 5.91 Å². The predicted molar refractivity (Wildman–Crippen MR) is 92.4 cm³/mol. The Morgan fingerprint density at radius 1 is 1.38 bits per heavy atom. The van der Waals surface area contributed by atoms with Gasteiger partial charge in [0.25, 0.3) is 11.5 Å². The van der Waals surface area contributed by atoms with Gasteiger partial charge in [-0.05, 0) is 25.3 Å². The standard InChI is InChI=1S/C16H20N4O3S/c1-9-11-13(17-8-19(4)15(11)22)24-12(9)16(23)20-7-5-6-10(20)14(21)18(2)3/h8,10H,5-7H2,1-4H3. The van der Waals surface area contributed by atoms with Gasteiger partial charge in [-0.2, -0.15) is 0 Å². The number of carbonyl (C=O) groups excluding carboxylic acids is 2. The maximum Gasteiger partial charge on any atom is 0.264 e. The van der Waals surface area contributed by atoms with E-state index in [9.17, 15) is 14.4 Å². The van der Waals surface area contributed by atoms with Crippen LogP contribution in [0.25, 0.3) is 10.2 Å². The third-order valence-electron chi connectivity index (χ3n) is 4.44. The first-order valence-electron chi connectivity index (χ1n) is 7.79. The molecule has 1 saturated heterocycles. The van der Waals surface area contributed by atoms with E-state index in [0.717, 1.165) is 6.42 Å². The molecule has 0 aliphatic carbocycles. The van der Waals surface area contributed by atoms with Gasteiger partial charge in [-0.1, -0.05) is 0 Å². The second kappa shape index (κ2) is 6.01. The van der Waals surface area contributed by atoms with Crippen LogP contribution in [0.5, 0.6) is 0 Å². The van der Waals surface area contributed by atoms with Crippen molar-refractivity contribution in [1.82, 2.24) is 19.4 Å². The Hall–Kier alpha value is -2.22. The molecule has 2 amide bonds. The molecule has 0 radical (unpaired) electrons. The van der Waals surface area contributed by atoms with E-state index < -0.39 is 6.04 Å². The molecule has 1 aliphatic rings. The Labute approximate surface area is 143 Å². The number of hydrogen-bond donors (Lipinski definition) is 0. The molecular weight excluding hydrogens is 328 g/mol. The molecule has 1 fully saturated rings. The van der Waals surface area contributed by atoms with E-state index in [0.29, 0.717) is 33.6 Å². The second-order valence-corrected chi connectivity index (χ2v) is 7.29. The van der Waals surface area contributed by atoms with Gasteiger partial charge in [0.1, 0.15) is 10.9 Å². The van der Waals surface area contributed by atoms with Gasteiger partial charge < -0.3 is 14.4 Å². The summed E-state index contributed by atoms with van der Waals surface area (Å²) in [6, 6.07) is -0.423. The number of carbonyl (C=O) groups is 2. The fraction of sp³-hybridized carbons (Fsp3) is 0.500. The quantitative estimate of drug-likeness (QED) is 0.811. The highest BCUT2D eigenvalue weighted by atomic mass is 32.1. The van der Waals surface area contributed by atoms with Crippen LogP contribution in [0.4, 0.5) is 0 Å². The predicted octanol–water partition coefficient (Wildman–Crippen LogP) is 0.996. The van der Waals surface area contributed by atoms with Gasteiger partial charge in [-0.25, -0.2) is 4.98 Å². The zero-order valence-electron chi connectivity index (χ0n) is 14.2. The van der Waals surface area contributed by atoms with Crippen molar-refractivity contribution in [3.63, 3.8) is 0 Å². The molecule has 0 spiro atoms. The first kappa shape index (κ1) is 16.6. The molecule has 1 unspecified atom stereocenters. The van der Waals surface area contributed by atoms with E-state index in [1.54, 1.807) is 33.0 Å². The Balaban J connectivity index is 2.03. The molecule has 0 saturated carbocycles. The maximum absolute atomic E-state index is 13.0. The van der Waals surface area contributed by atoms with Crippen molar-refractivity contribution in [3.05, 3.63) is 27.1 Å². The number of likely N-dealkylation sites (N-methyl/N-ethyl adjacent to an activating group) is 1. The number of nitrogens with zero attached hydrogens (tertiary/aromatic N) is 4. The van der Waals surface area contributed by atoms with Crippen molar-refractivity contribution < 1.29 is 9.59 Å². The Bertz CT molecular complexity index is 883. The first-order valence-corrected chi connectivity index (χ1v) is 8.61. The van der Waals surface area contributed by atoms with Crippen LogP contribution < -0.4 is 5.56 Å². The van der Waals surface area contributed by atoms with Gasteiger partial charge in [-0.3, -0.25) is 14.4 Å². The molecule has 2 aromatic heterocycles. The Morgan fingerprint density at radius 3 is 2.75 bits per heavy atom. The monoisotopic (exact) mass is 348 g/mol. The smallest absolute Gasteiger partial charge is 0.264 e. The van der Waals surface area contributed by atoms with Gasteiger partial charge in [0.05, 0.1) is 16.6 Å². The zero-order valence-corrected chi connectivity index (χ0v) is 15.0. The lowest BCUT2D eigenvalue weighted by atomic mass is 10.1. The van der Waals surface area contributed by atoms with Crippen LogP contribution in [0.3, 0.4) is 0 Å². The van der Waals surface area contributed by atoms with E-state index in [4.69, 9.17) is 0 Å². The number of fused-ring (bicyclic) bond motifs is 1. The maximum atomic E-state index is 13.0. The highest BCUT2D eigenvalue weighted by molar-refractivity contribution is 7.20. The molecule has 3 heterocycles. The number of amides is 2. The lowest BCUT2D eigenvalue weighted by Crippen LogP contribution is -2.45. The average molecular weight is 348 g/mol. The van der Waals surface area contributed by atoms with Crippen LogP contribution in [0, 0.1) is 6.92 Å². The fourth-order valence-electron chi connectivity index (χ4n) is 3.11. The second-order valence-electron chi connectivity index (χ2n) is 6.29. The summed E-state index contributed by atoms with van der Waals surface area (Å²) in [6.45, 7) is 2.33. The molecular formula is C16H20N4O3S. The summed E-state index contributed by atoms with van der Waals surface area (Å²) in [5.74, 6) is -0.246. The van der Waals surface area contributed by atoms with Crippen LogP contribution in [-0.2, 0) is 11.8 Å². The minimum atomic E-state index is -0.423. The van der Waals surface area contributed by atoms with E-state index in [1.807, 2.05) is 0 Å². The average Bonchev–Trinajstić information content (AvgIpc) is 3.14. The summed E-state index contributed by atoms with van der Waals surface area (Å²) in [7, 11) is 5.03. The van der Waals surface area contributed by atoms with Gasteiger partial charge >= 0.3 is 0 Å². The van der Waals surface area contributed by atoms with Gasteiger partial charge in [0, 0.05) is 27.7 Å². The number of aromatic nitrogens is 2. The fourth-order valence-corrected chi connectivity index (χ4v) is 4.20. The van der Waals surface area contributed by atoms with E-state index in [2.05, 4.69) is 4.98 Å². The lowest BCUT2D eigenvalue weighted by Gasteiger charge is -2.26. The summed E-state index contributed by atoms with van der Waals surface area (Å²) in [4.78, 5) is 46.1. The Morgan fingerprint density at radius 2 is 2.08 bits per heavy atom. The number of hydrogen-bond acceptors (Lipinski definition) is 5. The van der Waals surface area contributed by atoms with Crippen LogP contribution >= 0.6 is 11.3 Å². The number of likely N-dealkylation sites (tertiary alicyclic amines) is 1. The van der Waals surface area contributed by atoms with Crippen molar-refractivity contribution in [2.24, 2.45) is 7.05 Å². The lowest BCUT2D eigenvalue weighted by molar-refractivity contribution is -0.132. The SMILES string of the molecule is Cc1c(C(=O)N2CCCC2C(=O)N(C)C)sc2ncn(C)c(=O)c12. The highest BCUT2D eigenvalue weighted by Gasteiger charge is 2.36. The zero-order chi connectivity index (χ0) is 17.6. The summed E-state index contributed by atoms with van der Waals surface area (Å²) >= 11 is 1.22. The largest absolute Gasteiger partial charge is 0.347 e. The molecule has 8 heteroatoms. The van der Waals surface area contributed by atoms with Gasteiger partial charge in [0.15, 0.2) is 0 Å². The minimum Gasteiger partial charge on any atom is -0.347 e. The molecule has 24 heavy (non-hydrogen) atoms. The van der Waals surface area contributed by atoms with Crippen molar-refractivity contribution in [2.45, 2.75) is 25.8 Å². The van der Waals surface area contributed by atoms with Crippen molar-refractivity contribution in [1.29, 1.82) is 0 Å². The molecule has 1 atom stereocenters. The molecule has 7 nitrogen and oxygen atoms in total. The molecule has 0 aromatic carbocycles. The third kappa shape index (κ3) is 2.50. The van der Waals surface area contributed by atoms with Gasteiger partial charge in [-0.15, -0.1) is 11.3 Å². The Kier molecular flexibility index (Phi) is 4.16. The van der Waals surface area contributed by atoms with Crippen LogP contribution in [0.1, 0.15) is 28.1 Å². The molecule has 1 aliphatic heterocycles. The van der Waals surface area contributed by atoms with Crippen LogP contribution in [0.2, 0.25) is 0 Å².